The van der Waals surface area contributed by atoms with Gasteiger partial charge in [0.05, 0.1) is 17.1 Å². The highest BCUT2D eigenvalue weighted by atomic mass is 79.9. The van der Waals surface area contributed by atoms with Crippen LogP contribution in [0, 0.1) is 13.8 Å². The molecule has 5 heteroatoms. The van der Waals surface area contributed by atoms with E-state index in [1.165, 1.54) is 5.56 Å². The number of rotatable bonds is 6. The molecule has 0 bridgehead atoms. The lowest BCUT2D eigenvalue weighted by Gasteiger charge is -2.09. The van der Waals surface area contributed by atoms with Gasteiger partial charge in [-0.2, -0.15) is 0 Å². The Morgan fingerprint density at radius 2 is 2.15 bits per heavy atom. The Bertz CT molecular complexity index is 568. The smallest absolute Gasteiger partial charge is 0.122 e. The van der Waals surface area contributed by atoms with Gasteiger partial charge in [0.1, 0.15) is 12.4 Å². The second-order valence-electron chi connectivity index (χ2n) is 4.90. The SMILES string of the molecule is CCC(Br)c1cn(CCOc2cc(C)ccc2C)nn1. The second kappa shape index (κ2) is 6.88. The highest BCUT2D eigenvalue weighted by Gasteiger charge is 2.09. The van der Waals surface area contributed by atoms with E-state index in [9.17, 15) is 0 Å². The summed E-state index contributed by atoms with van der Waals surface area (Å²) in [5.41, 5.74) is 3.33. The highest BCUT2D eigenvalue weighted by molar-refractivity contribution is 9.09. The molecule has 2 rings (SSSR count). The van der Waals surface area contributed by atoms with Gasteiger partial charge >= 0.3 is 0 Å². The molecule has 20 heavy (non-hydrogen) atoms. The molecule has 0 aliphatic heterocycles. The van der Waals surface area contributed by atoms with Crippen LogP contribution < -0.4 is 4.74 Å². The maximum absolute atomic E-state index is 5.82. The summed E-state index contributed by atoms with van der Waals surface area (Å²) in [6, 6.07) is 6.23. The first-order valence-electron chi connectivity index (χ1n) is 6.84. The summed E-state index contributed by atoms with van der Waals surface area (Å²) in [5, 5.41) is 8.27. The van der Waals surface area contributed by atoms with Gasteiger partial charge in [0.2, 0.25) is 0 Å². The molecule has 108 valence electrons. The fourth-order valence-corrected chi connectivity index (χ4v) is 2.10. The van der Waals surface area contributed by atoms with Crippen molar-refractivity contribution in [2.75, 3.05) is 6.61 Å². The third-order valence-corrected chi connectivity index (χ3v) is 4.27. The third kappa shape index (κ3) is 3.82. The molecule has 1 heterocycles. The quantitative estimate of drug-likeness (QED) is 0.752. The van der Waals surface area contributed by atoms with E-state index in [2.05, 4.69) is 65.2 Å². The number of nitrogens with zero attached hydrogens (tertiary/aromatic N) is 3. The molecule has 1 aromatic heterocycles. The van der Waals surface area contributed by atoms with Crippen molar-refractivity contribution in [2.45, 2.75) is 38.6 Å². The van der Waals surface area contributed by atoms with Gasteiger partial charge in [-0.15, -0.1) is 5.10 Å². The van der Waals surface area contributed by atoms with E-state index in [1.54, 1.807) is 0 Å². The van der Waals surface area contributed by atoms with Crippen molar-refractivity contribution in [1.82, 2.24) is 15.0 Å². The first-order valence-corrected chi connectivity index (χ1v) is 7.76. The number of halogens is 1. The van der Waals surface area contributed by atoms with Crippen molar-refractivity contribution in [3.8, 4) is 5.75 Å². The van der Waals surface area contributed by atoms with E-state index in [0.29, 0.717) is 13.2 Å². The van der Waals surface area contributed by atoms with Gasteiger partial charge in [-0.3, -0.25) is 0 Å². The van der Waals surface area contributed by atoms with E-state index in [4.69, 9.17) is 4.74 Å². The monoisotopic (exact) mass is 337 g/mol. The summed E-state index contributed by atoms with van der Waals surface area (Å²) in [7, 11) is 0. The molecule has 4 nitrogen and oxygen atoms in total. The van der Waals surface area contributed by atoms with Crippen LogP contribution in [0.1, 0.15) is 35.0 Å². The van der Waals surface area contributed by atoms with Crippen LogP contribution in [0.2, 0.25) is 0 Å². The Hall–Kier alpha value is -1.36. The number of benzene rings is 1. The molecule has 0 spiro atoms. The zero-order valence-corrected chi connectivity index (χ0v) is 13.7. The fourth-order valence-electron chi connectivity index (χ4n) is 1.89. The van der Waals surface area contributed by atoms with Crippen LogP contribution >= 0.6 is 15.9 Å². The van der Waals surface area contributed by atoms with E-state index in [-0.39, 0.29) is 4.83 Å². The van der Waals surface area contributed by atoms with Gasteiger partial charge < -0.3 is 4.74 Å². The minimum atomic E-state index is 0.274. The summed E-state index contributed by atoms with van der Waals surface area (Å²) in [5.74, 6) is 0.942. The zero-order valence-electron chi connectivity index (χ0n) is 12.1. The minimum absolute atomic E-state index is 0.274. The average molecular weight is 338 g/mol. The molecule has 0 saturated carbocycles. The second-order valence-corrected chi connectivity index (χ2v) is 6.00. The van der Waals surface area contributed by atoms with Crippen molar-refractivity contribution in [3.05, 3.63) is 41.2 Å². The molecule has 1 aromatic carbocycles. The maximum atomic E-state index is 5.82. The van der Waals surface area contributed by atoms with Gasteiger partial charge in [-0.1, -0.05) is 40.2 Å². The van der Waals surface area contributed by atoms with Gasteiger partial charge in [0.25, 0.3) is 0 Å². The molecule has 2 aromatic rings. The molecule has 0 radical (unpaired) electrons. The fraction of sp³-hybridized carbons (Fsp3) is 0.467. The average Bonchev–Trinajstić information content (AvgIpc) is 2.90. The Morgan fingerprint density at radius 1 is 1.35 bits per heavy atom. The highest BCUT2D eigenvalue weighted by Crippen LogP contribution is 2.23. The van der Waals surface area contributed by atoms with Crippen LogP contribution in [0.15, 0.2) is 24.4 Å². The van der Waals surface area contributed by atoms with Crippen LogP contribution in [0.3, 0.4) is 0 Å². The number of ether oxygens (including phenoxy) is 1. The number of hydrogen-bond acceptors (Lipinski definition) is 3. The van der Waals surface area contributed by atoms with Crippen LogP contribution in [-0.2, 0) is 6.54 Å². The van der Waals surface area contributed by atoms with Crippen molar-refractivity contribution < 1.29 is 4.74 Å². The summed E-state index contributed by atoms with van der Waals surface area (Å²) < 4.78 is 7.64. The first kappa shape index (κ1) is 15.0. The Balaban J connectivity index is 1.89. The van der Waals surface area contributed by atoms with Crippen LogP contribution in [0.25, 0.3) is 0 Å². The molecule has 0 amide bonds. The lowest BCUT2D eigenvalue weighted by atomic mass is 10.1. The van der Waals surface area contributed by atoms with Crippen LogP contribution in [0.4, 0.5) is 0 Å². The number of aryl methyl sites for hydroxylation is 2. The third-order valence-electron chi connectivity index (χ3n) is 3.16. The molecule has 0 aliphatic rings. The van der Waals surface area contributed by atoms with Crippen LogP contribution in [-0.4, -0.2) is 21.6 Å². The van der Waals surface area contributed by atoms with E-state index < -0.39 is 0 Å². The minimum Gasteiger partial charge on any atom is -0.491 e. The maximum Gasteiger partial charge on any atom is 0.122 e. The zero-order chi connectivity index (χ0) is 14.5. The van der Waals surface area contributed by atoms with Crippen molar-refractivity contribution in [2.24, 2.45) is 0 Å². The van der Waals surface area contributed by atoms with Crippen LogP contribution in [0.5, 0.6) is 5.75 Å². The topological polar surface area (TPSA) is 39.9 Å². The summed E-state index contributed by atoms with van der Waals surface area (Å²) in [6.07, 6.45) is 2.97. The van der Waals surface area contributed by atoms with Gasteiger partial charge in [0.15, 0.2) is 0 Å². The number of hydrogen-bond donors (Lipinski definition) is 0. The van der Waals surface area contributed by atoms with E-state index in [1.807, 2.05) is 10.9 Å². The lowest BCUT2D eigenvalue weighted by molar-refractivity contribution is 0.288. The summed E-state index contributed by atoms with van der Waals surface area (Å²) in [4.78, 5) is 0.274. The normalized spacial score (nSPS) is 12.4. The van der Waals surface area contributed by atoms with Crippen molar-refractivity contribution in [3.63, 3.8) is 0 Å². The molecular formula is C15H20BrN3O. The number of alkyl halides is 1. The Morgan fingerprint density at radius 3 is 2.90 bits per heavy atom. The van der Waals surface area contributed by atoms with Gasteiger partial charge in [-0.25, -0.2) is 4.68 Å². The predicted octanol–water partition coefficient (Wildman–Crippen LogP) is 3.82. The standard InChI is InChI=1S/C15H20BrN3O/c1-4-13(16)14-10-19(18-17-14)7-8-20-15-9-11(2)5-6-12(15)3/h5-6,9-10,13H,4,7-8H2,1-3H3. The largest absolute Gasteiger partial charge is 0.491 e. The molecule has 0 aliphatic carbocycles. The summed E-state index contributed by atoms with van der Waals surface area (Å²) in [6.45, 7) is 7.52. The number of aromatic nitrogens is 3. The first-order chi connectivity index (χ1) is 9.60. The van der Waals surface area contributed by atoms with E-state index >= 15 is 0 Å². The Kier molecular flexibility index (Phi) is 5.17. The molecular weight excluding hydrogens is 318 g/mol. The van der Waals surface area contributed by atoms with Crippen molar-refractivity contribution >= 4 is 15.9 Å². The molecule has 1 atom stereocenters. The molecule has 1 unspecified atom stereocenters. The van der Waals surface area contributed by atoms with Crippen molar-refractivity contribution in [1.29, 1.82) is 0 Å². The Labute approximate surface area is 128 Å². The molecule has 0 N–H and O–H groups in total. The summed E-state index contributed by atoms with van der Waals surface area (Å²) >= 11 is 3.57. The molecule has 0 fully saturated rings. The predicted molar refractivity (Wildman–Crippen MR) is 83.4 cm³/mol. The van der Waals surface area contributed by atoms with Gasteiger partial charge in [-0.05, 0) is 37.5 Å². The molecule has 0 saturated heterocycles. The lowest BCUT2D eigenvalue weighted by Crippen LogP contribution is -2.09. The van der Waals surface area contributed by atoms with Gasteiger partial charge in [0, 0.05) is 6.20 Å². The van der Waals surface area contributed by atoms with E-state index in [0.717, 1.165) is 23.4 Å².